The second-order valence-electron chi connectivity index (χ2n) is 5.75. The standard InChI is InChI=1S/C15H21N3O7/c1-15(24-5-6-25-15)8-12(19)17-18-14(22)11(7-13(20)21)16-9-10-3-2-4-23-10/h2-4,11,16H,5-9H2,1H3,(H,17,19)(H,18,22)(H,20,21)/t11-/m1/s1. The number of nitrogens with two attached hydrogens (primary N) is 1. The highest BCUT2D eigenvalue weighted by molar-refractivity contribution is 5.86. The second kappa shape index (κ2) is 8.60. The summed E-state index contributed by atoms with van der Waals surface area (Å²) in [7, 11) is 0. The maximum Gasteiger partial charge on any atom is 0.296 e. The Morgan fingerprint density at radius 2 is 2.04 bits per heavy atom. The minimum atomic E-state index is -1.37. The summed E-state index contributed by atoms with van der Waals surface area (Å²) in [5.74, 6) is -2.99. The van der Waals surface area contributed by atoms with E-state index in [1.54, 1.807) is 19.1 Å². The number of quaternary nitrogens is 1. The largest absolute Gasteiger partial charge is 0.550 e. The highest BCUT2D eigenvalue weighted by Crippen LogP contribution is 2.21. The molecular formula is C15H21N3O7. The molecule has 4 N–H and O–H groups in total. The number of aliphatic carboxylic acids is 1. The van der Waals surface area contributed by atoms with Crippen LogP contribution in [0.15, 0.2) is 22.8 Å². The Balaban J connectivity index is 1.81. The molecule has 10 heteroatoms. The molecule has 2 rings (SSSR count). The SMILES string of the molecule is CC1(CC(=O)NNC(=O)[C@@H](CC(=O)[O-])[NH2+]Cc2ccco2)OCCO1. The highest BCUT2D eigenvalue weighted by atomic mass is 16.7. The molecule has 25 heavy (non-hydrogen) atoms. The monoisotopic (exact) mass is 355 g/mol. The van der Waals surface area contributed by atoms with Crippen LogP contribution in [0.25, 0.3) is 0 Å². The Bertz CT molecular complexity index is 596. The van der Waals surface area contributed by atoms with Crippen LogP contribution in [0.3, 0.4) is 0 Å². The molecule has 2 amide bonds. The molecule has 10 nitrogen and oxygen atoms in total. The van der Waals surface area contributed by atoms with Gasteiger partial charge in [0, 0.05) is 12.4 Å². The van der Waals surface area contributed by atoms with Crippen molar-refractivity contribution in [3.8, 4) is 0 Å². The molecular weight excluding hydrogens is 334 g/mol. The van der Waals surface area contributed by atoms with E-state index in [0.29, 0.717) is 19.0 Å². The van der Waals surface area contributed by atoms with Crippen molar-refractivity contribution >= 4 is 17.8 Å². The number of carbonyl (C=O) groups excluding carboxylic acids is 3. The lowest BCUT2D eigenvalue weighted by atomic mass is 10.2. The zero-order valence-corrected chi connectivity index (χ0v) is 13.8. The zero-order valence-electron chi connectivity index (χ0n) is 13.8. The molecule has 1 aromatic heterocycles. The van der Waals surface area contributed by atoms with Gasteiger partial charge in [0.1, 0.15) is 6.54 Å². The second-order valence-corrected chi connectivity index (χ2v) is 5.75. The number of rotatable bonds is 8. The van der Waals surface area contributed by atoms with Gasteiger partial charge in [0.25, 0.3) is 5.91 Å². The van der Waals surface area contributed by atoms with Crippen LogP contribution in [0.1, 0.15) is 25.5 Å². The molecule has 0 bridgehead atoms. The Morgan fingerprint density at radius 1 is 1.32 bits per heavy atom. The average Bonchev–Trinajstić information content (AvgIpc) is 3.20. The van der Waals surface area contributed by atoms with Crippen molar-refractivity contribution < 1.29 is 38.7 Å². The fourth-order valence-electron chi connectivity index (χ4n) is 2.37. The minimum Gasteiger partial charge on any atom is -0.550 e. The third-order valence-corrected chi connectivity index (χ3v) is 3.61. The number of furan rings is 1. The van der Waals surface area contributed by atoms with Gasteiger partial charge in [-0.15, -0.1) is 0 Å². The maximum absolute atomic E-state index is 12.1. The van der Waals surface area contributed by atoms with E-state index in [2.05, 4.69) is 10.9 Å². The highest BCUT2D eigenvalue weighted by Gasteiger charge is 2.34. The van der Waals surface area contributed by atoms with Crippen LogP contribution in [-0.4, -0.2) is 42.8 Å². The zero-order chi connectivity index (χ0) is 18.3. The normalized spacial score (nSPS) is 17.0. The van der Waals surface area contributed by atoms with Crippen molar-refractivity contribution in [1.82, 2.24) is 10.9 Å². The lowest BCUT2D eigenvalue weighted by molar-refractivity contribution is -0.693. The number of ether oxygens (including phenoxy) is 2. The van der Waals surface area contributed by atoms with Gasteiger partial charge in [0.15, 0.2) is 17.6 Å². The summed E-state index contributed by atoms with van der Waals surface area (Å²) in [4.78, 5) is 34.8. The van der Waals surface area contributed by atoms with Gasteiger partial charge < -0.3 is 29.1 Å². The van der Waals surface area contributed by atoms with Crippen LogP contribution in [0, 0.1) is 0 Å². The van der Waals surface area contributed by atoms with Gasteiger partial charge in [-0.25, -0.2) is 0 Å². The fraction of sp³-hybridized carbons (Fsp3) is 0.533. The number of carboxylic acids is 1. The summed E-state index contributed by atoms with van der Waals surface area (Å²) in [6.07, 6.45) is 0.867. The van der Waals surface area contributed by atoms with Crippen LogP contribution in [0.4, 0.5) is 0 Å². The smallest absolute Gasteiger partial charge is 0.296 e. The van der Waals surface area contributed by atoms with Crippen LogP contribution in [-0.2, 0) is 30.4 Å². The van der Waals surface area contributed by atoms with Gasteiger partial charge in [-0.1, -0.05) is 0 Å². The van der Waals surface area contributed by atoms with Crippen molar-refractivity contribution in [2.75, 3.05) is 13.2 Å². The molecule has 1 aliphatic rings. The molecule has 0 aromatic carbocycles. The molecule has 2 heterocycles. The predicted octanol–water partition coefficient (Wildman–Crippen LogP) is -2.85. The third kappa shape index (κ3) is 6.18. The van der Waals surface area contributed by atoms with Crippen molar-refractivity contribution in [2.45, 2.75) is 38.1 Å². The summed E-state index contributed by atoms with van der Waals surface area (Å²) in [6.45, 7) is 2.68. The van der Waals surface area contributed by atoms with Gasteiger partial charge in [-0.2, -0.15) is 0 Å². The minimum absolute atomic E-state index is 0.103. The van der Waals surface area contributed by atoms with Crippen molar-refractivity contribution in [3.63, 3.8) is 0 Å². The number of hydrazine groups is 1. The summed E-state index contributed by atoms with van der Waals surface area (Å²) < 4.78 is 15.7. The van der Waals surface area contributed by atoms with Crippen LogP contribution < -0.4 is 21.3 Å². The van der Waals surface area contributed by atoms with E-state index in [1.807, 2.05) is 0 Å². The average molecular weight is 355 g/mol. The van der Waals surface area contributed by atoms with E-state index in [-0.39, 0.29) is 13.0 Å². The van der Waals surface area contributed by atoms with Gasteiger partial charge >= 0.3 is 0 Å². The summed E-state index contributed by atoms with van der Waals surface area (Å²) >= 11 is 0. The lowest BCUT2D eigenvalue weighted by Crippen LogP contribution is -2.92. The fourth-order valence-corrected chi connectivity index (χ4v) is 2.37. The van der Waals surface area contributed by atoms with Crippen molar-refractivity contribution in [1.29, 1.82) is 0 Å². The summed E-state index contributed by atoms with van der Waals surface area (Å²) in [5, 5.41) is 12.3. The Kier molecular flexibility index (Phi) is 6.51. The molecule has 1 aliphatic heterocycles. The number of hydrogen-bond donors (Lipinski definition) is 3. The van der Waals surface area contributed by atoms with Gasteiger partial charge in [0.05, 0.1) is 25.9 Å². The molecule has 0 saturated carbocycles. The first kappa shape index (κ1) is 18.9. The number of hydrogen-bond acceptors (Lipinski definition) is 7. The third-order valence-electron chi connectivity index (χ3n) is 3.61. The van der Waals surface area contributed by atoms with Crippen molar-refractivity contribution in [2.24, 2.45) is 0 Å². The lowest BCUT2D eigenvalue weighted by Gasteiger charge is -2.22. The molecule has 0 radical (unpaired) electrons. The number of carbonyl (C=O) groups is 3. The molecule has 1 saturated heterocycles. The Morgan fingerprint density at radius 3 is 2.64 bits per heavy atom. The Hall–Kier alpha value is -2.43. The molecule has 0 aliphatic carbocycles. The number of nitrogens with one attached hydrogen (secondary N) is 2. The van der Waals surface area contributed by atoms with E-state index in [1.165, 1.54) is 11.6 Å². The molecule has 1 fully saturated rings. The first-order chi connectivity index (χ1) is 11.9. The quantitative estimate of drug-likeness (QED) is 0.425. The summed E-state index contributed by atoms with van der Waals surface area (Å²) in [6, 6.07) is 2.41. The molecule has 1 aromatic rings. The number of amides is 2. The maximum atomic E-state index is 12.1. The first-order valence-corrected chi connectivity index (χ1v) is 7.80. The van der Waals surface area contributed by atoms with E-state index in [0.717, 1.165) is 0 Å². The predicted molar refractivity (Wildman–Crippen MR) is 79.0 cm³/mol. The van der Waals surface area contributed by atoms with Gasteiger partial charge in [-0.3, -0.25) is 20.4 Å². The Labute approximate surface area is 143 Å². The van der Waals surface area contributed by atoms with E-state index in [4.69, 9.17) is 13.9 Å². The molecule has 1 atom stereocenters. The van der Waals surface area contributed by atoms with E-state index < -0.39 is 36.0 Å². The molecule has 138 valence electrons. The first-order valence-electron chi connectivity index (χ1n) is 7.80. The summed E-state index contributed by atoms with van der Waals surface area (Å²) in [5.41, 5.74) is 4.43. The van der Waals surface area contributed by atoms with Crippen molar-refractivity contribution in [3.05, 3.63) is 24.2 Å². The van der Waals surface area contributed by atoms with E-state index in [9.17, 15) is 19.5 Å². The van der Waals surface area contributed by atoms with Crippen LogP contribution in [0.2, 0.25) is 0 Å². The van der Waals surface area contributed by atoms with Crippen LogP contribution in [0.5, 0.6) is 0 Å². The van der Waals surface area contributed by atoms with Gasteiger partial charge in [-0.05, 0) is 19.1 Å². The van der Waals surface area contributed by atoms with E-state index >= 15 is 0 Å². The molecule has 0 unspecified atom stereocenters. The topological polar surface area (TPSA) is 147 Å². The molecule has 0 spiro atoms. The van der Waals surface area contributed by atoms with Crippen LogP contribution >= 0.6 is 0 Å². The number of carboxylic acid groups (broad SMARTS) is 1. The van der Waals surface area contributed by atoms with Gasteiger partial charge in [0.2, 0.25) is 5.91 Å².